The summed E-state index contributed by atoms with van der Waals surface area (Å²) in [6.45, 7) is 0. The Morgan fingerprint density at radius 3 is 2.83 bits per heavy atom. The molecule has 2 aromatic heterocycles. The zero-order valence-electron chi connectivity index (χ0n) is 9.02. The van der Waals surface area contributed by atoms with Gasteiger partial charge in [-0.2, -0.15) is 0 Å². The van der Waals surface area contributed by atoms with E-state index in [2.05, 4.69) is 15.3 Å². The van der Waals surface area contributed by atoms with Gasteiger partial charge in [0, 0.05) is 12.3 Å². The number of nitrogens with zero attached hydrogens (tertiary/aromatic N) is 2. The summed E-state index contributed by atoms with van der Waals surface area (Å²) in [4.78, 5) is 18.8. The SMILES string of the molecule is Nc1nccc(C(=O)Nc2cncc(F)c2)c1F. The number of halogens is 2. The van der Waals surface area contributed by atoms with E-state index in [4.69, 9.17) is 5.73 Å². The smallest absolute Gasteiger partial charge is 0.258 e. The maximum absolute atomic E-state index is 13.5. The minimum atomic E-state index is -0.917. The fourth-order valence-electron chi connectivity index (χ4n) is 1.31. The molecule has 0 aliphatic heterocycles. The number of pyridine rings is 2. The summed E-state index contributed by atoms with van der Waals surface area (Å²) in [5.41, 5.74) is 5.09. The zero-order valence-corrected chi connectivity index (χ0v) is 9.02. The molecule has 18 heavy (non-hydrogen) atoms. The molecule has 0 unspecified atom stereocenters. The maximum Gasteiger partial charge on any atom is 0.258 e. The molecule has 0 fully saturated rings. The number of carbonyl (C=O) groups is 1. The van der Waals surface area contributed by atoms with Crippen LogP contribution in [0.15, 0.2) is 30.7 Å². The van der Waals surface area contributed by atoms with Crippen molar-refractivity contribution in [2.24, 2.45) is 0 Å². The predicted molar refractivity (Wildman–Crippen MR) is 60.8 cm³/mol. The number of nitrogen functional groups attached to an aromatic ring is 1. The summed E-state index contributed by atoms with van der Waals surface area (Å²) in [5, 5.41) is 2.30. The Balaban J connectivity index is 2.25. The van der Waals surface area contributed by atoms with Crippen molar-refractivity contribution in [1.29, 1.82) is 0 Å². The number of carbonyl (C=O) groups excluding carboxylic acids is 1. The molecule has 0 saturated carbocycles. The third-order valence-electron chi connectivity index (χ3n) is 2.12. The van der Waals surface area contributed by atoms with Crippen molar-refractivity contribution in [3.8, 4) is 0 Å². The van der Waals surface area contributed by atoms with Crippen molar-refractivity contribution in [2.75, 3.05) is 11.1 Å². The Morgan fingerprint density at radius 1 is 1.33 bits per heavy atom. The molecule has 0 radical (unpaired) electrons. The van der Waals surface area contributed by atoms with Crippen molar-refractivity contribution >= 4 is 17.4 Å². The quantitative estimate of drug-likeness (QED) is 0.848. The monoisotopic (exact) mass is 250 g/mol. The Kier molecular flexibility index (Phi) is 3.13. The molecule has 0 aliphatic rings. The number of aromatic nitrogens is 2. The van der Waals surface area contributed by atoms with E-state index < -0.39 is 17.5 Å². The Hall–Kier alpha value is -2.57. The molecule has 0 aliphatic carbocycles. The number of nitrogens with two attached hydrogens (primary N) is 1. The van der Waals surface area contributed by atoms with Crippen molar-refractivity contribution in [3.05, 3.63) is 47.9 Å². The fourth-order valence-corrected chi connectivity index (χ4v) is 1.31. The second-order valence-corrected chi connectivity index (χ2v) is 3.40. The van der Waals surface area contributed by atoms with Gasteiger partial charge in [0.05, 0.1) is 23.6 Å². The average Bonchev–Trinajstić information content (AvgIpc) is 2.32. The third-order valence-corrected chi connectivity index (χ3v) is 2.12. The van der Waals surface area contributed by atoms with Gasteiger partial charge in [-0.1, -0.05) is 0 Å². The number of rotatable bonds is 2. The van der Waals surface area contributed by atoms with Gasteiger partial charge in [0.2, 0.25) is 0 Å². The van der Waals surface area contributed by atoms with Crippen LogP contribution < -0.4 is 11.1 Å². The topological polar surface area (TPSA) is 80.9 Å². The average molecular weight is 250 g/mol. The van der Waals surface area contributed by atoms with Gasteiger partial charge in [0.15, 0.2) is 11.6 Å². The van der Waals surface area contributed by atoms with E-state index in [1.807, 2.05) is 0 Å². The number of nitrogens with one attached hydrogen (secondary N) is 1. The van der Waals surface area contributed by atoms with Crippen LogP contribution in [0.25, 0.3) is 0 Å². The van der Waals surface area contributed by atoms with Gasteiger partial charge in [-0.15, -0.1) is 0 Å². The highest BCUT2D eigenvalue weighted by molar-refractivity contribution is 6.04. The summed E-state index contributed by atoms with van der Waals surface area (Å²) in [7, 11) is 0. The van der Waals surface area contributed by atoms with E-state index in [1.165, 1.54) is 18.5 Å². The summed E-state index contributed by atoms with van der Waals surface area (Å²) in [6, 6.07) is 2.24. The number of hydrogen-bond acceptors (Lipinski definition) is 4. The lowest BCUT2D eigenvalue weighted by molar-refractivity contribution is 0.102. The minimum absolute atomic E-state index is 0.120. The Labute approximate surface area is 101 Å². The first-order valence-electron chi connectivity index (χ1n) is 4.90. The van der Waals surface area contributed by atoms with Gasteiger partial charge in [-0.25, -0.2) is 13.8 Å². The van der Waals surface area contributed by atoms with E-state index >= 15 is 0 Å². The van der Waals surface area contributed by atoms with Crippen molar-refractivity contribution < 1.29 is 13.6 Å². The van der Waals surface area contributed by atoms with E-state index in [0.29, 0.717) is 0 Å². The Morgan fingerprint density at radius 2 is 2.11 bits per heavy atom. The van der Waals surface area contributed by atoms with E-state index in [0.717, 1.165) is 12.3 Å². The van der Waals surface area contributed by atoms with Crippen LogP contribution in [0, 0.1) is 11.6 Å². The van der Waals surface area contributed by atoms with Crippen LogP contribution >= 0.6 is 0 Å². The molecular formula is C11H8F2N4O. The normalized spacial score (nSPS) is 10.1. The molecule has 92 valence electrons. The highest BCUT2D eigenvalue weighted by Gasteiger charge is 2.14. The highest BCUT2D eigenvalue weighted by Crippen LogP contribution is 2.14. The van der Waals surface area contributed by atoms with Gasteiger partial charge >= 0.3 is 0 Å². The van der Waals surface area contributed by atoms with Crippen molar-refractivity contribution in [3.63, 3.8) is 0 Å². The van der Waals surface area contributed by atoms with Crippen molar-refractivity contribution in [1.82, 2.24) is 9.97 Å². The van der Waals surface area contributed by atoms with Crippen LogP contribution in [0.2, 0.25) is 0 Å². The van der Waals surface area contributed by atoms with Gasteiger partial charge in [-0.3, -0.25) is 9.78 Å². The van der Waals surface area contributed by atoms with Crippen molar-refractivity contribution in [2.45, 2.75) is 0 Å². The van der Waals surface area contributed by atoms with E-state index in [9.17, 15) is 13.6 Å². The van der Waals surface area contributed by atoms with Crippen LogP contribution in [-0.4, -0.2) is 15.9 Å². The first-order valence-corrected chi connectivity index (χ1v) is 4.90. The lowest BCUT2D eigenvalue weighted by atomic mass is 10.2. The van der Waals surface area contributed by atoms with Crippen LogP contribution in [0.1, 0.15) is 10.4 Å². The molecule has 0 saturated heterocycles. The number of hydrogen-bond donors (Lipinski definition) is 2. The van der Waals surface area contributed by atoms with Gasteiger partial charge in [-0.05, 0) is 6.07 Å². The molecule has 1 amide bonds. The molecule has 2 rings (SSSR count). The standard InChI is InChI=1S/C11H8F2N4O/c12-6-3-7(5-15-4-6)17-11(18)8-1-2-16-10(14)9(8)13/h1-5H,(H2,14,16)(H,17,18). The van der Waals surface area contributed by atoms with Gasteiger partial charge < -0.3 is 11.1 Å². The van der Waals surface area contributed by atoms with E-state index in [-0.39, 0.29) is 17.1 Å². The van der Waals surface area contributed by atoms with Gasteiger partial charge in [0.25, 0.3) is 5.91 Å². The molecule has 0 aromatic carbocycles. The predicted octanol–water partition coefficient (Wildman–Crippen LogP) is 1.59. The second-order valence-electron chi connectivity index (χ2n) is 3.40. The fraction of sp³-hybridized carbons (Fsp3) is 0. The zero-order chi connectivity index (χ0) is 13.1. The van der Waals surface area contributed by atoms with E-state index in [1.54, 1.807) is 0 Å². The molecule has 5 nitrogen and oxygen atoms in total. The van der Waals surface area contributed by atoms with Crippen LogP contribution in [0.5, 0.6) is 0 Å². The number of anilines is 2. The first kappa shape index (κ1) is 11.9. The maximum atomic E-state index is 13.5. The summed E-state index contributed by atoms with van der Waals surface area (Å²) >= 11 is 0. The molecular weight excluding hydrogens is 242 g/mol. The first-order chi connectivity index (χ1) is 8.58. The van der Waals surface area contributed by atoms with Gasteiger partial charge in [0.1, 0.15) is 5.82 Å². The molecule has 7 heteroatoms. The molecule has 0 bridgehead atoms. The third kappa shape index (κ3) is 2.40. The molecule has 2 heterocycles. The molecule has 0 spiro atoms. The number of amides is 1. The summed E-state index contributed by atoms with van der Waals surface area (Å²) in [6.07, 6.45) is 3.43. The largest absolute Gasteiger partial charge is 0.381 e. The van der Waals surface area contributed by atoms with Crippen LogP contribution in [0.3, 0.4) is 0 Å². The minimum Gasteiger partial charge on any atom is -0.381 e. The Bertz CT molecular complexity index is 603. The molecule has 2 aromatic rings. The highest BCUT2D eigenvalue weighted by atomic mass is 19.1. The second kappa shape index (κ2) is 4.74. The summed E-state index contributed by atoms with van der Waals surface area (Å²) in [5.74, 6) is -2.66. The molecule has 0 atom stereocenters. The lowest BCUT2D eigenvalue weighted by Crippen LogP contribution is -2.15. The molecule has 3 N–H and O–H groups in total. The van der Waals surface area contributed by atoms with Crippen LogP contribution in [-0.2, 0) is 0 Å². The van der Waals surface area contributed by atoms with Crippen LogP contribution in [0.4, 0.5) is 20.3 Å². The summed E-state index contributed by atoms with van der Waals surface area (Å²) < 4.78 is 26.3. The lowest BCUT2D eigenvalue weighted by Gasteiger charge is -2.06.